The number of rotatable bonds is 5. The highest BCUT2D eigenvalue weighted by Gasteiger charge is 2.42. The zero-order valence-corrected chi connectivity index (χ0v) is 19.0. The molecule has 8 nitrogen and oxygen atoms in total. The predicted octanol–water partition coefficient (Wildman–Crippen LogP) is 2.71. The number of hydrogen-bond acceptors (Lipinski definition) is 6. The van der Waals surface area contributed by atoms with Gasteiger partial charge < -0.3 is 4.90 Å². The SMILES string of the molecule is Cc1cc(N2C(=O)[C@@H](C)CS2(=O)=O)ccc1S(=O)(=O)Nc1ccc(N2CCCC2)cc1. The van der Waals surface area contributed by atoms with Gasteiger partial charge in [0.25, 0.3) is 10.0 Å². The van der Waals surface area contributed by atoms with Crippen molar-refractivity contribution in [3.8, 4) is 0 Å². The van der Waals surface area contributed by atoms with Gasteiger partial charge >= 0.3 is 0 Å². The zero-order valence-electron chi connectivity index (χ0n) is 17.4. The summed E-state index contributed by atoms with van der Waals surface area (Å²) in [6.07, 6.45) is 2.32. The fourth-order valence-corrected chi connectivity index (χ4v) is 7.17. The maximum absolute atomic E-state index is 12.9. The molecule has 166 valence electrons. The number of anilines is 3. The molecule has 2 saturated heterocycles. The van der Waals surface area contributed by atoms with Crippen LogP contribution in [0.1, 0.15) is 25.3 Å². The zero-order chi connectivity index (χ0) is 22.4. The van der Waals surface area contributed by atoms with E-state index in [1.807, 2.05) is 12.1 Å². The summed E-state index contributed by atoms with van der Waals surface area (Å²) < 4.78 is 53.8. The van der Waals surface area contributed by atoms with Crippen molar-refractivity contribution >= 4 is 43.0 Å². The largest absolute Gasteiger partial charge is 0.372 e. The summed E-state index contributed by atoms with van der Waals surface area (Å²) in [5.41, 5.74) is 2.01. The Morgan fingerprint density at radius 2 is 1.61 bits per heavy atom. The average Bonchev–Trinajstić information content (AvgIpc) is 3.28. The number of nitrogens with zero attached hydrogens (tertiary/aromatic N) is 2. The second-order valence-corrected chi connectivity index (χ2v) is 11.6. The third kappa shape index (κ3) is 4.14. The number of sulfonamides is 2. The van der Waals surface area contributed by atoms with E-state index in [9.17, 15) is 21.6 Å². The van der Waals surface area contributed by atoms with E-state index in [1.54, 1.807) is 26.0 Å². The Labute approximate surface area is 183 Å². The summed E-state index contributed by atoms with van der Waals surface area (Å²) in [6.45, 7) is 5.14. The molecule has 0 unspecified atom stereocenters. The van der Waals surface area contributed by atoms with Crippen molar-refractivity contribution < 1.29 is 21.6 Å². The molecule has 10 heteroatoms. The molecule has 2 aliphatic heterocycles. The molecule has 0 saturated carbocycles. The molecule has 1 atom stereocenters. The molecule has 1 N–H and O–H groups in total. The van der Waals surface area contributed by atoms with Gasteiger partial charge in [-0.15, -0.1) is 0 Å². The maximum atomic E-state index is 12.9. The number of hydrogen-bond donors (Lipinski definition) is 1. The summed E-state index contributed by atoms with van der Waals surface area (Å²) in [5.74, 6) is -1.38. The molecule has 2 heterocycles. The van der Waals surface area contributed by atoms with E-state index >= 15 is 0 Å². The van der Waals surface area contributed by atoms with Gasteiger partial charge in [0.1, 0.15) is 0 Å². The highest BCUT2D eigenvalue weighted by molar-refractivity contribution is 7.94. The Kier molecular flexibility index (Phi) is 5.47. The molecule has 0 aliphatic carbocycles. The fraction of sp³-hybridized carbons (Fsp3) is 0.381. The van der Waals surface area contributed by atoms with E-state index in [0.29, 0.717) is 11.3 Å². The molecule has 0 spiro atoms. The first-order valence-electron chi connectivity index (χ1n) is 10.1. The first-order chi connectivity index (χ1) is 14.6. The number of amides is 1. The van der Waals surface area contributed by atoms with E-state index in [4.69, 9.17) is 0 Å². The van der Waals surface area contributed by atoms with Crippen LogP contribution in [0.15, 0.2) is 47.4 Å². The van der Waals surface area contributed by atoms with Crippen LogP contribution in [0.25, 0.3) is 0 Å². The van der Waals surface area contributed by atoms with Crippen molar-refractivity contribution in [2.75, 3.05) is 32.8 Å². The molecule has 2 fully saturated rings. The molecule has 31 heavy (non-hydrogen) atoms. The summed E-state index contributed by atoms with van der Waals surface area (Å²) in [4.78, 5) is 14.6. The average molecular weight is 464 g/mol. The third-order valence-electron chi connectivity index (χ3n) is 5.63. The third-order valence-corrected chi connectivity index (χ3v) is 9.04. The van der Waals surface area contributed by atoms with Crippen LogP contribution >= 0.6 is 0 Å². The summed E-state index contributed by atoms with van der Waals surface area (Å²) in [7, 11) is -7.63. The van der Waals surface area contributed by atoms with E-state index < -0.39 is 31.9 Å². The number of carbonyl (C=O) groups is 1. The topological polar surface area (TPSA) is 104 Å². The lowest BCUT2D eigenvalue weighted by atomic mass is 10.2. The fourth-order valence-electron chi connectivity index (χ4n) is 4.07. The minimum Gasteiger partial charge on any atom is -0.372 e. The highest BCUT2D eigenvalue weighted by Crippen LogP contribution is 2.31. The van der Waals surface area contributed by atoms with E-state index in [1.165, 1.54) is 18.2 Å². The van der Waals surface area contributed by atoms with Gasteiger partial charge in [0, 0.05) is 24.5 Å². The smallest absolute Gasteiger partial charge is 0.262 e. The Balaban J connectivity index is 1.57. The monoisotopic (exact) mass is 463 g/mol. The normalized spacial score (nSPS) is 21.0. The van der Waals surface area contributed by atoms with Gasteiger partial charge in [-0.2, -0.15) is 0 Å². The molecule has 0 aromatic heterocycles. The van der Waals surface area contributed by atoms with Gasteiger partial charge in [-0.1, -0.05) is 6.92 Å². The standard InChI is InChI=1S/C21H25N3O5S2/c1-15-13-19(24-21(25)16(2)14-30(24,26)27)9-10-20(15)31(28,29)22-17-5-7-18(8-6-17)23-11-3-4-12-23/h5-10,13,16,22H,3-4,11-12,14H2,1-2H3/t16-/m0/s1. The second-order valence-electron chi connectivity index (χ2n) is 8.08. The van der Waals surface area contributed by atoms with E-state index in [-0.39, 0.29) is 16.3 Å². The molecule has 2 aromatic rings. The number of aryl methyl sites for hydroxylation is 1. The number of carbonyl (C=O) groups excluding carboxylic acids is 1. The predicted molar refractivity (Wildman–Crippen MR) is 120 cm³/mol. The second kappa shape index (κ2) is 7.83. The van der Waals surface area contributed by atoms with Crippen LogP contribution in [0.5, 0.6) is 0 Å². The Hall–Kier alpha value is -2.59. The van der Waals surface area contributed by atoms with Crippen molar-refractivity contribution in [1.82, 2.24) is 0 Å². The van der Waals surface area contributed by atoms with Gasteiger partial charge in [-0.25, -0.2) is 21.1 Å². The quantitative estimate of drug-likeness (QED) is 0.731. The van der Waals surface area contributed by atoms with Crippen LogP contribution < -0.4 is 13.9 Å². The summed E-state index contributed by atoms with van der Waals surface area (Å²) in [6, 6.07) is 11.3. The Morgan fingerprint density at radius 1 is 1.00 bits per heavy atom. The Bertz CT molecular complexity index is 1220. The van der Waals surface area contributed by atoms with Crippen molar-refractivity contribution in [3.05, 3.63) is 48.0 Å². The van der Waals surface area contributed by atoms with E-state index in [2.05, 4.69) is 9.62 Å². The van der Waals surface area contributed by atoms with Crippen LogP contribution in [0, 0.1) is 12.8 Å². The minimum absolute atomic E-state index is 0.0250. The van der Waals surface area contributed by atoms with Gasteiger partial charge in [-0.3, -0.25) is 9.52 Å². The molecule has 0 bridgehead atoms. The van der Waals surface area contributed by atoms with Gasteiger partial charge in [-0.05, 0) is 67.8 Å². The van der Waals surface area contributed by atoms with Crippen LogP contribution in [-0.4, -0.2) is 41.6 Å². The molecular weight excluding hydrogens is 438 g/mol. The maximum Gasteiger partial charge on any atom is 0.262 e. The minimum atomic E-state index is -3.89. The van der Waals surface area contributed by atoms with Crippen molar-refractivity contribution in [3.63, 3.8) is 0 Å². The first kappa shape index (κ1) is 21.6. The molecule has 1 amide bonds. The molecule has 0 radical (unpaired) electrons. The highest BCUT2D eigenvalue weighted by atomic mass is 32.2. The molecule has 2 aliphatic rings. The molecule has 2 aromatic carbocycles. The molecular formula is C21H25N3O5S2. The van der Waals surface area contributed by atoms with Crippen molar-refractivity contribution in [2.45, 2.75) is 31.6 Å². The van der Waals surface area contributed by atoms with Crippen molar-refractivity contribution in [2.24, 2.45) is 5.92 Å². The summed E-state index contributed by atoms with van der Waals surface area (Å²) >= 11 is 0. The van der Waals surface area contributed by atoms with Gasteiger partial charge in [0.15, 0.2) is 0 Å². The first-order valence-corrected chi connectivity index (χ1v) is 13.2. The number of nitrogens with one attached hydrogen (secondary N) is 1. The van der Waals surface area contributed by atoms with Gasteiger partial charge in [0.2, 0.25) is 15.9 Å². The van der Waals surface area contributed by atoms with Crippen LogP contribution in [0.2, 0.25) is 0 Å². The lowest BCUT2D eigenvalue weighted by molar-refractivity contribution is -0.119. The van der Waals surface area contributed by atoms with Crippen LogP contribution in [0.4, 0.5) is 17.1 Å². The van der Waals surface area contributed by atoms with Crippen LogP contribution in [-0.2, 0) is 24.8 Å². The Morgan fingerprint density at radius 3 is 2.16 bits per heavy atom. The molecule has 4 rings (SSSR count). The number of benzene rings is 2. The lowest BCUT2D eigenvalue weighted by Gasteiger charge is -2.19. The van der Waals surface area contributed by atoms with Gasteiger partial charge in [0.05, 0.1) is 22.3 Å². The van der Waals surface area contributed by atoms with E-state index in [0.717, 1.165) is 35.9 Å². The van der Waals surface area contributed by atoms with Crippen molar-refractivity contribution in [1.29, 1.82) is 0 Å². The van der Waals surface area contributed by atoms with Crippen LogP contribution in [0.3, 0.4) is 0 Å². The lowest BCUT2D eigenvalue weighted by Crippen LogP contribution is -2.30. The summed E-state index contributed by atoms with van der Waals surface area (Å²) in [5, 5.41) is 0.